The number of aryl methyl sites for hydroxylation is 1. The van der Waals surface area contributed by atoms with E-state index in [-0.39, 0.29) is 5.56 Å². The molecule has 0 aliphatic rings. The van der Waals surface area contributed by atoms with Crippen LogP contribution in [0.3, 0.4) is 0 Å². The van der Waals surface area contributed by atoms with E-state index in [1.807, 2.05) is 25.7 Å². The predicted molar refractivity (Wildman–Crippen MR) is 70.3 cm³/mol. The summed E-state index contributed by atoms with van der Waals surface area (Å²) < 4.78 is 5.30. The summed E-state index contributed by atoms with van der Waals surface area (Å²) in [4.78, 5) is 17.4. The van der Waals surface area contributed by atoms with Gasteiger partial charge in [-0.3, -0.25) is 0 Å². The van der Waals surface area contributed by atoms with Gasteiger partial charge in [0.2, 0.25) is 0 Å². The maximum atomic E-state index is 11.2. The smallest absolute Gasteiger partial charge is 0.339 e. The average molecular weight is 252 g/mol. The standard InChI is InChI=1S/C13H20N2O3/c1-4-15(8-9-18-5-2)12-11(13(16)17)7-6-10(3)14-12/h6-7H,4-5,8-9H2,1-3H3,(H,16,17). The zero-order valence-electron chi connectivity index (χ0n) is 11.1. The van der Waals surface area contributed by atoms with Gasteiger partial charge in [-0.2, -0.15) is 0 Å². The molecule has 0 aliphatic heterocycles. The van der Waals surface area contributed by atoms with E-state index in [1.54, 1.807) is 12.1 Å². The molecule has 1 aromatic rings. The lowest BCUT2D eigenvalue weighted by molar-refractivity contribution is 0.0697. The molecular weight excluding hydrogens is 232 g/mol. The van der Waals surface area contributed by atoms with Crippen LogP contribution in [-0.4, -0.2) is 42.4 Å². The fraction of sp³-hybridized carbons (Fsp3) is 0.538. The average Bonchev–Trinajstić information content (AvgIpc) is 2.34. The van der Waals surface area contributed by atoms with E-state index >= 15 is 0 Å². The van der Waals surface area contributed by atoms with Crippen LogP contribution in [0.2, 0.25) is 0 Å². The normalized spacial score (nSPS) is 10.4. The zero-order chi connectivity index (χ0) is 13.5. The minimum absolute atomic E-state index is 0.235. The van der Waals surface area contributed by atoms with Gasteiger partial charge in [0.25, 0.3) is 0 Å². The number of hydrogen-bond acceptors (Lipinski definition) is 4. The first-order chi connectivity index (χ1) is 8.60. The summed E-state index contributed by atoms with van der Waals surface area (Å²) in [6.07, 6.45) is 0. The molecule has 0 bridgehead atoms. The van der Waals surface area contributed by atoms with Gasteiger partial charge < -0.3 is 14.7 Å². The summed E-state index contributed by atoms with van der Waals surface area (Å²) in [5, 5.41) is 9.17. The van der Waals surface area contributed by atoms with E-state index in [0.29, 0.717) is 32.1 Å². The van der Waals surface area contributed by atoms with Gasteiger partial charge in [-0.05, 0) is 32.9 Å². The van der Waals surface area contributed by atoms with Gasteiger partial charge in [-0.25, -0.2) is 9.78 Å². The topological polar surface area (TPSA) is 62.7 Å². The third kappa shape index (κ3) is 3.70. The van der Waals surface area contributed by atoms with Gasteiger partial charge in [0.1, 0.15) is 11.4 Å². The first-order valence-electron chi connectivity index (χ1n) is 6.13. The number of carboxylic acids is 1. The number of nitrogens with zero attached hydrogens (tertiary/aromatic N) is 2. The maximum absolute atomic E-state index is 11.2. The number of carboxylic acid groups (broad SMARTS) is 1. The van der Waals surface area contributed by atoms with E-state index in [4.69, 9.17) is 4.74 Å². The van der Waals surface area contributed by atoms with Crippen molar-refractivity contribution in [3.05, 3.63) is 23.4 Å². The van der Waals surface area contributed by atoms with Gasteiger partial charge in [0, 0.05) is 25.4 Å². The lowest BCUT2D eigenvalue weighted by atomic mass is 10.2. The fourth-order valence-electron chi connectivity index (χ4n) is 1.68. The summed E-state index contributed by atoms with van der Waals surface area (Å²) in [7, 11) is 0. The molecule has 0 spiro atoms. The molecule has 100 valence electrons. The van der Waals surface area contributed by atoms with Crippen LogP contribution in [0.1, 0.15) is 29.9 Å². The van der Waals surface area contributed by atoms with Gasteiger partial charge >= 0.3 is 5.97 Å². The number of aromatic carboxylic acids is 1. The molecular formula is C13H20N2O3. The van der Waals surface area contributed by atoms with Gasteiger partial charge in [-0.1, -0.05) is 0 Å². The first kappa shape index (κ1) is 14.4. The van der Waals surface area contributed by atoms with E-state index in [1.165, 1.54) is 0 Å². The summed E-state index contributed by atoms with van der Waals surface area (Å²) in [5.41, 5.74) is 1.05. The van der Waals surface area contributed by atoms with Crippen molar-refractivity contribution < 1.29 is 14.6 Å². The molecule has 0 aromatic carbocycles. The maximum Gasteiger partial charge on any atom is 0.339 e. The second-order valence-electron chi connectivity index (χ2n) is 3.91. The molecule has 1 aromatic heterocycles. The van der Waals surface area contributed by atoms with Crippen molar-refractivity contribution in [2.45, 2.75) is 20.8 Å². The van der Waals surface area contributed by atoms with E-state index in [9.17, 15) is 9.90 Å². The predicted octanol–water partition coefficient (Wildman–Crippen LogP) is 1.95. The summed E-state index contributed by atoms with van der Waals surface area (Å²) in [5.74, 6) is -0.433. The van der Waals surface area contributed by atoms with Crippen molar-refractivity contribution >= 4 is 11.8 Å². The summed E-state index contributed by atoms with van der Waals surface area (Å²) in [6, 6.07) is 3.31. The van der Waals surface area contributed by atoms with Gasteiger partial charge in [0.05, 0.1) is 6.61 Å². The lowest BCUT2D eigenvalue weighted by Gasteiger charge is -2.23. The van der Waals surface area contributed by atoms with Crippen LogP contribution in [0, 0.1) is 6.92 Å². The molecule has 0 amide bonds. The highest BCUT2D eigenvalue weighted by Crippen LogP contribution is 2.18. The summed E-state index contributed by atoms with van der Waals surface area (Å²) >= 11 is 0. The number of anilines is 1. The number of carbonyl (C=O) groups is 1. The number of hydrogen-bond donors (Lipinski definition) is 1. The van der Waals surface area contributed by atoms with Crippen LogP contribution < -0.4 is 4.90 Å². The van der Waals surface area contributed by atoms with Crippen LogP contribution in [0.25, 0.3) is 0 Å². The molecule has 0 saturated carbocycles. The third-order valence-corrected chi connectivity index (χ3v) is 2.64. The van der Waals surface area contributed by atoms with Crippen molar-refractivity contribution in [1.82, 2.24) is 4.98 Å². The van der Waals surface area contributed by atoms with Crippen molar-refractivity contribution in [3.8, 4) is 0 Å². The quantitative estimate of drug-likeness (QED) is 0.751. The number of aromatic nitrogens is 1. The Morgan fingerprint density at radius 2 is 2.17 bits per heavy atom. The number of ether oxygens (including phenoxy) is 1. The van der Waals surface area contributed by atoms with Crippen molar-refractivity contribution in [1.29, 1.82) is 0 Å². The van der Waals surface area contributed by atoms with Crippen LogP contribution in [0.5, 0.6) is 0 Å². The highest BCUT2D eigenvalue weighted by atomic mass is 16.5. The molecule has 1 N–H and O–H groups in total. The lowest BCUT2D eigenvalue weighted by Crippen LogP contribution is -2.30. The van der Waals surface area contributed by atoms with Crippen LogP contribution >= 0.6 is 0 Å². The second kappa shape index (κ2) is 6.96. The van der Waals surface area contributed by atoms with E-state index in [2.05, 4.69) is 4.98 Å². The van der Waals surface area contributed by atoms with Gasteiger partial charge in [0.15, 0.2) is 0 Å². The number of pyridine rings is 1. The Kier molecular flexibility index (Phi) is 5.58. The Hall–Kier alpha value is -1.62. The van der Waals surface area contributed by atoms with Crippen molar-refractivity contribution in [3.63, 3.8) is 0 Å². The van der Waals surface area contributed by atoms with Crippen LogP contribution in [0.15, 0.2) is 12.1 Å². The highest BCUT2D eigenvalue weighted by Gasteiger charge is 2.16. The fourth-order valence-corrected chi connectivity index (χ4v) is 1.68. The molecule has 1 heterocycles. The van der Waals surface area contributed by atoms with Crippen LogP contribution in [0.4, 0.5) is 5.82 Å². The Balaban J connectivity index is 2.95. The molecule has 0 saturated heterocycles. The highest BCUT2D eigenvalue weighted by molar-refractivity contribution is 5.93. The van der Waals surface area contributed by atoms with Crippen molar-refractivity contribution in [2.75, 3.05) is 31.2 Å². The zero-order valence-corrected chi connectivity index (χ0v) is 11.1. The number of likely N-dealkylation sites (N-methyl/N-ethyl adjacent to an activating group) is 1. The molecule has 0 aliphatic carbocycles. The second-order valence-corrected chi connectivity index (χ2v) is 3.91. The monoisotopic (exact) mass is 252 g/mol. The Bertz CT molecular complexity index is 407. The van der Waals surface area contributed by atoms with Crippen LogP contribution in [-0.2, 0) is 4.74 Å². The molecule has 0 atom stereocenters. The number of rotatable bonds is 7. The van der Waals surface area contributed by atoms with Crippen molar-refractivity contribution in [2.24, 2.45) is 0 Å². The third-order valence-electron chi connectivity index (χ3n) is 2.64. The van der Waals surface area contributed by atoms with E-state index in [0.717, 1.165) is 5.69 Å². The molecule has 18 heavy (non-hydrogen) atoms. The minimum atomic E-state index is -0.952. The van der Waals surface area contributed by atoms with Gasteiger partial charge in [-0.15, -0.1) is 0 Å². The molecule has 1 rings (SSSR count). The minimum Gasteiger partial charge on any atom is -0.478 e. The molecule has 5 nitrogen and oxygen atoms in total. The molecule has 5 heteroatoms. The Morgan fingerprint density at radius 3 is 2.72 bits per heavy atom. The van der Waals surface area contributed by atoms with E-state index < -0.39 is 5.97 Å². The molecule has 0 unspecified atom stereocenters. The molecule has 0 fully saturated rings. The molecule has 0 radical (unpaired) electrons. The first-order valence-corrected chi connectivity index (χ1v) is 6.13. The Morgan fingerprint density at radius 1 is 1.44 bits per heavy atom. The SMILES string of the molecule is CCOCCN(CC)c1nc(C)ccc1C(=O)O. The summed E-state index contributed by atoms with van der Waals surface area (Å²) in [6.45, 7) is 8.32. The largest absolute Gasteiger partial charge is 0.478 e. The Labute approximate surface area is 107 Å².